The Bertz CT molecular complexity index is 554. The Morgan fingerprint density at radius 3 is 2.37 bits per heavy atom. The normalized spacial score (nSPS) is 10.2. The fourth-order valence-corrected chi connectivity index (χ4v) is 1.89. The Morgan fingerprint density at radius 1 is 1.05 bits per heavy atom. The van der Waals surface area contributed by atoms with Crippen LogP contribution >= 0.6 is 0 Å². The summed E-state index contributed by atoms with van der Waals surface area (Å²) < 4.78 is 13.5. The number of carbonyl (C=O) groups excluding carboxylic acids is 1. The topological polar surface area (TPSA) is 20.3 Å². The van der Waals surface area contributed by atoms with E-state index in [1.54, 1.807) is 30.1 Å². The lowest BCUT2D eigenvalue weighted by Crippen LogP contribution is -2.27. The molecule has 19 heavy (non-hydrogen) atoms. The van der Waals surface area contributed by atoms with E-state index in [0.29, 0.717) is 12.1 Å². The molecule has 0 atom stereocenters. The number of carbonyl (C=O) groups is 1. The Morgan fingerprint density at radius 2 is 1.68 bits per heavy atom. The predicted octanol–water partition coefficient (Wildman–Crippen LogP) is 3.03. The van der Waals surface area contributed by atoms with Crippen LogP contribution in [-0.4, -0.2) is 17.9 Å². The first kappa shape index (κ1) is 13.3. The molecule has 0 bridgehead atoms. The minimum atomic E-state index is -0.330. The average molecular weight is 257 g/mol. The van der Waals surface area contributed by atoms with Crippen LogP contribution in [0.5, 0.6) is 0 Å². The van der Waals surface area contributed by atoms with Gasteiger partial charge >= 0.3 is 0 Å². The summed E-state index contributed by atoms with van der Waals surface area (Å²) in [6.45, 7) is 0.536. The maximum absolute atomic E-state index is 13.5. The van der Waals surface area contributed by atoms with Gasteiger partial charge in [-0.25, -0.2) is 4.39 Å². The van der Waals surface area contributed by atoms with Crippen LogP contribution in [0.1, 0.15) is 11.1 Å². The number of amides is 1. The summed E-state index contributed by atoms with van der Waals surface area (Å²) in [7, 11) is 1.73. The molecule has 0 radical (unpaired) electrons. The molecular weight excluding hydrogens is 241 g/mol. The second-order valence-electron chi connectivity index (χ2n) is 4.50. The molecule has 0 spiro atoms. The highest BCUT2D eigenvalue weighted by atomic mass is 19.1. The van der Waals surface area contributed by atoms with E-state index in [2.05, 4.69) is 0 Å². The predicted molar refractivity (Wildman–Crippen MR) is 73.0 cm³/mol. The van der Waals surface area contributed by atoms with Gasteiger partial charge in [0, 0.05) is 13.6 Å². The van der Waals surface area contributed by atoms with Crippen LogP contribution in [0.4, 0.5) is 4.39 Å². The first-order chi connectivity index (χ1) is 9.16. The van der Waals surface area contributed by atoms with Gasteiger partial charge in [0.1, 0.15) is 5.82 Å². The first-order valence-corrected chi connectivity index (χ1v) is 6.18. The first-order valence-electron chi connectivity index (χ1n) is 6.18. The summed E-state index contributed by atoms with van der Waals surface area (Å²) in [4.78, 5) is 13.6. The van der Waals surface area contributed by atoms with Crippen molar-refractivity contribution in [2.45, 2.75) is 13.0 Å². The molecule has 2 nitrogen and oxygen atoms in total. The fraction of sp³-hybridized carbons (Fsp3) is 0.188. The van der Waals surface area contributed by atoms with Crippen molar-refractivity contribution in [3.63, 3.8) is 0 Å². The lowest BCUT2D eigenvalue weighted by atomic mass is 10.1. The summed E-state index contributed by atoms with van der Waals surface area (Å²) in [5.41, 5.74) is 1.50. The number of halogens is 1. The van der Waals surface area contributed by atoms with E-state index in [0.717, 1.165) is 5.56 Å². The molecule has 0 aliphatic heterocycles. The third-order valence-electron chi connectivity index (χ3n) is 2.99. The zero-order chi connectivity index (χ0) is 13.7. The SMILES string of the molecule is CN(Cc1ccccc1)C(=O)Cc1ccccc1F. The van der Waals surface area contributed by atoms with Crippen molar-refractivity contribution in [3.8, 4) is 0 Å². The summed E-state index contributed by atoms with van der Waals surface area (Å²) in [6, 6.07) is 16.1. The Kier molecular flexibility index (Phi) is 4.29. The van der Waals surface area contributed by atoms with E-state index in [4.69, 9.17) is 0 Å². The van der Waals surface area contributed by atoms with Gasteiger partial charge < -0.3 is 4.90 Å². The molecule has 0 N–H and O–H groups in total. The second kappa shape index (κ2) is 6.14. The number of rotatable bonds is 4. The molecule has 0 unspecified atom stereocenters. The molecule has 0 aliphatic rings. The second-order valence-corrected chi connectivity index (χ2v) is 4.50. The summed E-state index contributed by atoms with van der Waals surface area (Å²) >= 11 is 0. The van der Waals surface area contributed by atoms with E-state index in [-0.39, 0.29) is 18.1 Å². The number of benzene rings is 2. The smallest absolute Gasteiger partial charge is 0.227 e. The molecule has 0 aliphatic carbocycles. The van der Waals surface area contributed by atoms with Crippen molar-refractivity contribution in [1.82, 2.24) is 4.90 Å². The average Bonchev–Trinajstić information content (AvgIpc) is 2.42. The quantitative estimate of drug-likeness (QED) is 0.824. The van der Waals surface area contributed by atoms with Crippen molar-refractivity contribution in [3.05, 3.63) is 71.5 Å². The van der Waals surface area contributed by atoms with Crippen LogP contribution < -0.4 is 0 Å². The van der Waals surface area contributed by atoms with Gasteiger partial charge in [-0.1, -0.05) is 48.5 Å². The summed E-state index contributed by atoms with van der Waals surface area (Å²) in [6.07, 6.45) is 0.0933. The molecule has 2 aromatic carbocycles. The van der Waals surface area contributed by atoms with Crippen LogP contribution in [-0.2, 0) is 17.8 Å². The van der Waals surface area contributed by atoms with Gasteiger partial charge in [0.05, 0.1) is 6.42 Å². The van der Waals surface area contributed by atoms with Gasteiger partial charge in [0.25, 0.3) is 0 Å². The largest absolute Gasteiger partial charge is 0.341 e. The Labute approximate surface area is 112 Å². The van der Waals surface area contributed by atoms with Crippen LogP contribution in [0.3, 0.4) is 0 Å². The van der Waals surface area contributed by atoms with E-state index < -0.39 is 0 Å². The highest BCUT2D eigenvalue weighted by Gasteiger charge is 2.12. The molecule has 0 saturated heterocycles. The van der Waals surface area contributed by atoms with E-state index in [9.17, 15) is 9.18 Å². The molecule has 98 valence electrons. The monoisotopic (exact) mass is 257 g/mol. The molecule has 2 rings (SSSR count). The standard InChI is InChI=1S/C16H16FNO/c1-18(12-13-7-3-2-4-8-13)16(19)11-14-9-5-6-10-15(14)17/h2-10H,11-12H2,1H3. The Balaban J connectivity index is 1.99. The number of nitrogens with zero attached hydrogens (tertiary/aromatic N) is 1. The van der Waals surface area contributed by atoms with Gasteiger partial charge in [-0.05, 0) is 17.2 Å². The molecule has 0 heterocycles. The zero-order valence-electron chi connectivity index (χ0n) is 10.8. The molecule has 1 amide bonds. The van der Waals surface area contributed by atoms with E-state index in [1.165, 1.54) is 6.07 Å². The van der Waals surface area contributed by atoms with Crippen LogP contribution in [0.25, 0.3) is 0 Å². The lowest BCUT2D eigenvalue weighted by molar-refractivity contribution is -0.129. The molecular formula is C16H16FNO. The van der Waals surface area contributed by atoms with Gasteiger partial charge in [-0.15, -0.1) is 0 Å². The fourth-order valence-electron chi connectivity index (χ4n) is 1.89. The maximum atomic E-state index is 13.5. The highest BCUT2D eigenvalue weighted by Crippen LogP contribution is 2.10. The van der Waals surface area contributed by atoms with Crippen molar-refractivity contribution in [1.29, 1.82) is 0 Å². The number of hydrogen-bond acceptors (Lipinski definition) is 1. The summed E-state index contributed by atoms with van der Waals surface area (Å²) in [5, 5.41) is 0. The van der Waals surface area contributed by atoms with Crippen molar-refractivity contribution in [2.75, 3.05) is 7.05 Å². The van der Waals surface area contributed by atoms with Crippen LogP contribution in [0.2, 0.25) is 0 Å². The molecule has 0 fully saturated rings. The number of hydrogen-bond donors (Lipinski definition) is 0. The summed E-state index contributed by atoms with van der Waals surface area (Å²) in [5.74, 6) is -0.419. The maximum Gasteiger partial charge on any atom is 0.227 e. The van der Waals surface area contributed by atoms with Gasteiger partial charge in [0.2, 0.25) is 5.91 Å². The van der Waals surface area contributed by atoms with Gasteiger partial charge in [-0.2, -0.15) is 0 Å². The molecule has 3 heteroatoms. The van der Waals surface area contributed by atoms with Crippen LogP contribution in [0, 0.1) is 5.82 Å². The van der Waals surface area contributed by atoms with Gasteiger partial charge in [-0.3, -0.25) is 4.79 Å². The highest BCUT2D eigenvalue weighted by molar-refractivity contribution is 5.78. The van der Waals surface area contributed by atoms with Crippen molar-refractivity contribution in [2.24, 2.45) is 0 Å². The third-order valence-corrected chi connectivity index (χ3v) is 2.99. The molecule has 2 aromatic rings. The van der Waals surface area contributed by atoms with Crippen LogP contribution in [0.15, 0.2) is 54.6 Å². The number of likely N-dealkylation sites (N-methyl/N-ethyl adjacent to an activating group) is 1. The van der Waals surface area contributed by atoms with E-state index in [1.807, 2.05) is 30.3 Å². The van der Waals surface area contributed by atoms with Crippen molar-refractivity contribution < 1.29 is 9.18 Å². The Hall–Kier alpha value is -2.16. The minimum absolute atomic E-state index is 0.0889. The van der Waals surface area contributed by atoms with E-state index >= 15 is 0 Å². The minimum Gasteiger partial charge on any atom is -0.341 e. The van der Waals surface area contributed by atoms with Gasteiger partial charge in [0.15, 0.2) is 0 Å². The molecule has 0 aromatic heterocycles. The lowest BCUT2D eigenvalue weighted by Gasteiger charge is -2.17. The zero-order valence-corrected chi connectivity index (χ0v) is 10.8. The van der Waals surface area contributed by atoms with Crippen molar-refractivity contribution >= 4 is 5.91 Å². The third kappa shape index (κ3) is 3.65. The molecule has 0 saturated carbocycles.